The summed E-state index contributed by atoms with van der Waals surface area (Å²) in [5, 5.41) is 0. The van der Waals surface area contributed by atoms with Crippen molar-refractivity contribution in [3.63, 3.8) is 0 Å². The maximum absolute atomic E-state index is 4.98. The van der Waals surface area contributed by atoms with Gasteiger partial charge in [-0.05, 0) is 12.8 Å². The van der Waals surface area contributed by atoms with Crippen molar-refractivity contribution in [1.82, 2.24) is 0 Å². The fraction of sp³-hybridized carbons (Fsp3) is 0.429. The average Bonchev–Trinajstić information content (AvgIpc) is 1.69. The quantitative estimate of drug-likeness (QED) is 0.285. The second-order valence-corrected chi connectivity index (χ2v) is 1.39. The Morgan fingerprint density at radius 3 is 2.86 bits per heavy atom. The first kappa shape index (κ1) is 6.30. The maximum atomic E-state index is 4.98. The van der Waals surface area contributed by atoms with E-state index in [0.29, 0.717) is 0 Å². The van der Waals surface area contributed by atoms with Crippen molar-refractivity contribution in [1.29, 1.82) is 0 Å². The number of allylic oxidation sites excluding steroid dienone is 1. The van der Waals surface area contributed by atoms with Crippen molar-refractivity contribution in [2.24, 2.45) is 0 Å². The third-order valence-electron chi connectivity index (χ3n) is 0.729. The zero-order valence-corrected chi connectivity index (χ0v) is 4.48. The molecule has 0 bridgehead atoms. The number of rotatable bonds is 3. The molecule has 0 saturated carbocycles. The van der Waals surface area contributed by atoms with Crippen LogP contribution in [0.5, 0.6) is 0 Å². The number of hydrogen-bond acceptors (Lipinski definition) is 0. The molecule has 0 spiro atoms. The molecule has 0 aliphatic rings. The van der Waals surface area contributed by atoms with Crippen LogP contribution in [0.3, 0.4) is 0 Å². The Morgan fingerprint density at radius 1 is 1.71 bits per heavy atom. The van der Waals surface area contributed by atoms with E-state index in [-0.39, 0.29) is 0 Å². The van der Waals surface area contributed by atoms with Crippen LogP contribution in [0.1, 0.15) is 19.3 Å². The molecular weight excluding hydrogens is 84.1 g/mol. The van der Waals surface area contributed by atoms with Crippen molar-refractivity contribution in [2.75, 3.05) is 0 Å². The van der Waals surface area contributed by atoms with Gasteiger partial charge in [-0.1, -0.05) is 6.08 Å². The van der Waals surface area contributed by atoms with Gasteiger partial charge < -0.3 is 0 Å². The van der Waals surface area contributed by atoms with Crippen LogP contribution in [0.4, 0.5) is 0 Å². The Bertz CT molecular complexity index is 74.5. The van der Waals surface area contributed by atoms with E-state index in [0.717, 1.165) is 19.3 Å². The van der Waals surface area contributed by atoms with Crippen molar-refractivity contribution in [3.05, 3.63) is 12.7 Å². The van der Waals surface area contributed by atoms with Crippen molar-refractivity contribution < 1.29 is 0 Å². The van der Waals surface area contributed by atoms with E-state index in [1.807, 2.05) is 6.08 Å². The fourth-order valence-corrected chi connectivity index (χ4v) is 0.348. The first-order valence-electron chi connectivity index (χ1n) is 2.46. The predicted octanol–water partition coefficient (Wildman–Crippen LogP) is 1.98. The van der Waals surface area contributed by atoms with Gasteiger partial charge in [-0.15, -0.1) is 18.9 Å². The molecular formula is C7H10. The van der Waals surface area contributed by atoms with Crippen molar-refractivity contribution in [3.8, 4) is 12.3 Å². The first-order valence-corrected chi connectivity index (χ1v) is 2.46. The number of terminal acetylenes is 1. The summed E-state index contributed by atoms with van der Waals surface area (Å²) in [4.78, 5) is 0. The lowest BCUT2D eigenvalue weighted by atomic mass is 10.2. The Labute approximate surface area is 45.2 Å². The molecule has 0 atom stereocenters. The summed E-state index contributed by atoms with van der Waals surface area (Å²) in [6, 6.07) is 0. The Morgan fingerprint density at radius 2 is 2.43 bits per heavy atom. The summed E-state index contributed by atoms with van der Waals surface area (Å²) < 4.78 is 0. The van der Waals surface area contributed by atoms with Crippen LogP contribution in [-0.4, -0.2) is 0 Å². The molecule has 0 radical (unpaired) electrons. The molecule has 0 aliphatic heterocycles. The minimum Gasteiger partial charge on any atom is -0.120 e. The summed E-state index contributed by atoms with van der Waals surface area (Å²) >= 11 is 0. The summed E-state index contributed by atoms with van der Waals surface area (Å²) in [5.41, 5.74) is 0. The molecule has 0 rings (SSSR count). The van der Waals surface area contributed by atoms with E-state index in [2.05, 4.69) is 12.5 Å². The molecule has 7 heavy (non-hydrogen) atoms. The normalized spacial score (nSPS) is 7.29. The third-order valence-corrected chi connectivity index (χ3v) is 0.729. The topological polar surface area (TPSA) is 0 Å². The Hall–Kier alpha value is -0.700. The smallest absolute Gasteiger partial charge is 0.00890 e. The van der Waals surface area contributed by atoms with Crippen molar-refractivity contribution in [2.45, 2.75) is 19.3 Å². The largest absolute Gasteiger partial charge is 0.120 e. The highest BCUT2D eigenvalue weighted by molar-refractivity contribution is 4.84. The minimum atomic E-state index is 0.881. The van der Waals surface area contributed by atoms with E-state index in [1.54, 1.807) is 0 Å². The highest BCUT2D eigenvalue weighted by Gasteiger charge is 1.74. The van der Waals surface area contributed by atoms with Crippen LogP contribution in [-0.2, 0) is 0 Å². The molecule has 38 valence electrons. The predicted molar refractivity (Wildman–Crippen MR) is 32.9 cm³/mol. The molecule has 0 aromatic carbocycles. The van der Waals surface area contributed by atoms with Gasteiger partial charge in [0.1, 0.15) is 0 Å². The molecule has 0 fully saturated rings. The van der Waals surface area contributed by atoms with Gasteiger partial charge in [-0.2, -0.15) is 0 Å². The highest BCUT2D eigenvalue weighted by atomic mass is 13.8. The molecule has 0 nitrogen and oxygen atoms in total. The monoisotopic (exact) mass is 94.1 g/mol. The Kier molecular flexibility index (Phi) is 4.77. The molecule has 0 heteroatoms. The van der Waals surface area contributed by atoms with Gasteiger partial charge in [0, 0.05) is 6.42 Å². The molecule has 0 aromatic heterocycles. The van der Waals surface area contributed by atoms with E-state index >= 15 is 0 Å². The Balaban J connectivity index is 2.72. The van der Waals surface area contributed by atoms with Crippen LogP contribution in [0.25, 0.3) is 0 Å². The van der Waals surface area contributed by atoms with Crippen LogP contribution >= 0.6 is 0 Å². The van der Waals surface area contributed by atoms with Crippen molar-refractivity contribution >= 4 is 0 Å². The SMILES string of the molecule is C#CCCCC=C. The number of hydrogen-bond donors (Lipinski definition) is 0. The molecule has 0 heterocycles. The van der Waals surface area contributed by atoms with Gasteiger partial charge in [0.2, 0.25) is 0 Å². The van der Waals surface area contributed by atoms with Crippen LogP contribution in [0.2, 0.25) is 0 Å². The van der Waals surface area contributed by atoms with Gasteiger partial charge >= 0.3 is 0 Å². The van der Waals surface area contributed by atoms with E-state index < -0.39 is 0 Å². The van der Waals surface area contributed by atoms with Gasteiger partial charge in [-0.3, -0.25) is 0 Å². The molecule has 0 N–H and O–H groups in total. The lowest BCUT2D eigenvalue weighted by Gasteiger charge is -1.82. The maximum Gasteiger partial charge on any atom is 0.00890 e. The average molecular weight is 94.2 g/mol. The van der Waals surface area contributed by atoms with E-state index in [1.165, 1.54) is 0 Å². The van der Waals surface area contributed by atoms with Crippen LogP contribution in [0, 0.1) is 12.3 Å². The van der Waals surface area contributed by atoms with Crippen LogP contribution < -0.4 is 0 Å². The van der Waals surface area contributed by atoms with Gasteiger partial charge in [0.15, 0.2) is 0 Å². The molecule has 0 amide bonds. The molecule has 0 aliphatic carbocycles. The molecule has 0 unspecified atom stereocenters. The van der Waals surface area contributed by atoms with Gasteiger partial charge in [0.25, 0.3) is 0 Å². The summed E-state index contributed by atoms with van der Waals surface area (Å²) in [5.74, 6) is 2.55. The van der Waals surface area contributed by atoms with Gasteiger partial charge in [0.05, 0.1) is 0 Å². The minimum absolute atomic E-state index is 0.881. The first-order chi connectivity index (χ1) is 3.41. The van der Waals surface area contributed by atoms with Crippen LogP contribution in [0.15, 0.2) is 12.7 Å². The highest BCUT2D eigenvalue weighted by Crippen LogP contribution is 1.91. The van der Waals surface area contributed by atoms with Gasteiger partial charge in [-0.25, -0.2) is 0 Å². The summed E-state index contributed by atoms with van der Waals surface area (Å²) in [7, 11) is 0. The summed E-state index contributed by atoms with van der Waals surface area (Å²) in [6.07, 6.45) is 9.88. The zero-order chi connectivity index (χ0) is 5.54. The fourth-order valence-electron chi connectivity index (χ4n) is 0.348. The number of unbranched alkanes of at least 4 members (excludes halogenated alkanes) is 2. The summed E-state index contributed by atoms with van der Waals surface area (Å²) in [6.45, 7) is 3.56. The lowest BCUT2D eigenvalue weighted by molar-refractivity contribution is 0.887. The standard InChI is InChI=1S/C7H10/c1-3-5-7-6-4-2/h1,4H,2,5-7H2. The molecule has 0 saturated heterocycles. The third kappa shape index (κ3) is 5.30. The van der Waals surface area contributed by atoms with E-state index in [9.17, 15) is 0 Å². The molecule has 0 aromatic rings. The lowest BCUT2D eigenvalue weighted by Crippen LogP contribution is -1.65. The zero-order valence-electron chi connectivity index (χ0n) is 4.48. The second-order valence-electron chi connectivity index (χ2n) is 1.39. The second kappa shape index (κ2) is 5.30. The van der Waals surface area contributed by atoms with E-state index in [4.69, 9.17) is 6.42 Å².